The highest BCUT2D eigenvalue weighted by Gasteiger charge is 2.13. The first-order chi connectivity index (χ1) is 7.77. The van der Waals surface area contributed by atoms with Gasteiger partial charge < -0.3 is 9.52 Å². The molecule has 0 aromatic carbocycles. The Bertz CT molecular complexity index is 484. The van der Waals surface area contributed by atoms with Crippen LogP contribution in [0.25, 0.3) is 0 Å². The van der Waals surface area contributed by atoms with E-state index in [2.05, 4.69) is 9.97 Å². The van der Waals surface area contributed by atoms with Crippen LogP contribution >= 0.6 is 11.8 Å². The third-order valence-corrected chi connectivity index (χ3v) is 2.73. The second kappa shape index (κ2) is 4.80. The van der Waals surface area contributed by atoms with E-state index in [0.717, 1.165) is 0 Å². The molecule has 82 valence electrons. The van der Waals surface area contributed by atoms with Crippen molar-refractivity contribution in [3.05, 3.63) is 42.1 Å². The van der Waals surface area contributed by atoms with E-state index in [1.807, 2.05) is 0 Å². The maximum Gasteiger partial charge on any atom is 0.339 e. The largest absolute Gasteiger partial charge is 0.478 e. The Morgan fingerprint density at radius 2 is 2.19 bits per heavy atom. The van der Waals surface area contributed by atoms with Crippen molar-refractivity contribution in [2.75, 3.05) is 0 Å². The minimum atomic E-state index is -0.988. The molecule has 2 rings (SSSR count). The SMILES string of the molecule is O=C(O)c1ccoc1CSc1ncccn1. The number of hydrogen-bond acceptors (Lipinski definition) is 5. The van der Waals surface area contributed by atoms with Gasteiger partial charge in [0.2, 0.25) is 0 Å². The van der Waals surface area contributed by atoms with E-state index in [9.17, 15) is 4.79 Å². The normalized spacial score (nSPS) is 10.2. The molecule has 0 aliphatic heterocycles. The van der Waals surface area contributed by atoms with Gasteiger partial charge in [-0.15, -0.1) is 0 Å². The molecule has 0 saturated carbocycles. The molecule has 2 aromatic rings. The quantitative estimate of drug-likeness (QED) is 0.646. The van der Waals surface area contributed by atoms with Crippen molar-refractivity contribution in [2.45, 2.75) is 10.9 Å². The second-order valence-electron chi connectivity index (χ2n) is 2.88. The number of rotatable bonds is 4. The minimum absolute atomic E-state index is 0.184. The third kappa shape index (κ3) is 2.40. The van der Waals surface area contributed by atoms with Crippen LogP contribution in [0.1, 0.15) is 16.1 Å². The number of thioether (sulfide) groups is 1. The number of carbonyl (C=O) groups is 1. The van der Waals surface area contributed by atoms with Crippen molar-refractivity contribution in [3.8, 4) is 0 Å². The van der Waals surface area contributed by atoms with Gasteiger partial charge in [0.05, 0.1) is 12.0 Å². The molecule has 1 N–H and O–H groups in total. The molecule has 0 amide bonds. The summed E-state index contributed by atoms with van der Waals surface area (Å²) in [5, 5.41) is 9.44. The number of aromatic nitrogens is 2. The number of hydrogen-bond donors (Lipinski definition) is 1. The maximum atomic E-state index is 10.8. The zero-order chi connectivity index (χ0) is 11.4. The summed E-state index contributed by atoms with van der Waals surface area (Å²) < 4.78 is 5.09. The van der Waals surface area contributed by atoms with Gasteiger partial charge >= 0.3 is 5.97 Å². The molecule has 6 heteroatoms. The lowest BCUT2D eigenvalue weighted by Gasteiger charge is -1.98. The van der Waals surface area contributed by atoms with E-state index in [-0.39, 0.29) is 5.56 Å². The van der Waals surface area contributed by atoms with Crippen molar-refractivity contribution in [1.29, 1.82) is 0 Å². The third-order valence-electron chi connectivity index (χ3n) is 1.85. The standard InChI is InChI=1S/C10H8N2O3S/c13-9(14)7-2-5-15-8(7)6-16-10-11-3-1-4-12-10/h1-5H,6H2,(H,13,14). The molecule has 16 heavy (non-hydrogen) atoms. The Labute approximate surface area is 95.5 Å². The van der Waals surface area contributed by atoms with Crippen molar-refractivity contribution < 1.29 is 14.3 Å². The van der Waals surface area contributed by atoms with Crippen LogP contribution in [0, 0.1) is 0 Å². The van der Waals surface area contributed by atoms with Crippen LogP contribution in [0.15, 0.2) is 40.4 Å². The van der Waals surface area contributed by atoms with Gasteiger partial charge in [0.1, 0.15) is 11.3 Å². The van der Waals surface area contributed by atoms with Crippen LogP contribution in [0.5, 0.6) is 0 Å². The second-order valence-corrected chi connectivity index (χ2v) is 3.83. The Hall–Kier alpha value is -1.82. The monoisotopic (exact) mass is 236 g/mol. The predicted octanol–water partition coefficient (Wildman–Crippen LogP) is 2.06. The topological polar surface area (TPSA) is 76.2 Å². The van der Waals surface area contributed by atoms with Crippen LogP contribution in [0.4, 0.5) is 0 Å². The Morgan fingerprint density at radius 1 is 1.44 bits per heavy atom. The fraction of sp³-hybridized carbons (Fsp3) is 0.100. The molecule has 0 saturated heterocycles. The molecule has 0 aliphatic rings. The fourth-order valence-electron chi connectivity index (χ4n) is 1.13. The molecular formula is C10H8N2O3S. The highest BCUT2D eigenvalue weighted by Crippen LogP contribution is 2.21. The molecular weight excluding hydrogens is 228 g/mol. The van der Waals surface area contributed by atoms with Crippen molar-refractivity contribution in [1.82, 2.24) is 9.97 Å². The summed E-state index contributed by atoms with van der Waals surface area (Å²) in [6, 6.07) is 3.16. The first-order valence-corrected chi connectivity index (χ1v) is 5.45. The van der Waals surface area contributed by atoms with Crippen LogP contribution in [0.2, 0.25) is 0 Å². The summed E-state index contributed by atoms with van der Waals surface area (Å²) in [6.45, 7) is 0. The van der Waals surface area contributed by atoms with Gasteiger partial charge in [-0.25, -0.2) is 14.8 Å². The number of carboxylic acid groups (broad SMARTS) is 1. The molecule has 0 spiro atoms. The van der Waals surface area contributed by atoms with Gasteiger partial charge in [0, 0.05) is 12.4 Å². The van der Waals surface area contributed by atoms with E-state index < -0.39 is 5.97 Å². The van der Waals surface area contributed by atoms with Crippen molar-refractivity contribution in [3.63, 3.8) is 0 Å². The van der Waals surface area contributed by atoms with Gasteiger partial charge in [0.15, 0.2) is 5.16 Å². The summed E-state index contributed by atoms with van der Waals surface area (Å²) >= 11 is 1.33. The van der Waals surface area contributed by atoms with Gasteiger partial charge in [-0.05, 0) is 12.1 Å². The highest BCUT2D eigenvalue weighted by molar-refractivity contribution is 7.98. The first-order valence-electron chi connectivity index (χ1n) is 4.47. The molecule has 0 fully saturated rings. The van der Waals surface area contributed by atoms with Crippen LogP contribution in [-0.4, -0.2) is 21.0 Å². The first kappa shape index (κ1) is 10.7. The zero-order valence-electron chi connectivity index (χ0n) is 8.16. The highest BCUT2D eigenvalue weighted by atomic mass is 32.2. The Kier molecular flexibility index (Phi) is 3.21. The Balaban J connectivity index is 2.05. The number of nitrogens with zero attached hydrogens (tertiary/aromatic N) is 2. The van der Waals surface area contributed by atoms with Gasteiger partial charge in [-0.2, -0.15) is 0 Å². The smallest absolute Gasteiger partial charge is 0.339 e. The molecule has 0 aliphatic carbocycles. The molecule has 0 atom stereocenters. The van der Waals surface area contributed by atoms with Gasteiger partial charge in [-0.1, -0.05) is 11.8 Å². The lowest BCUT2D eigenvalue weighted by atomic mass is 10.3. The molecule has 0 bridgehead atoms. The van der Waals surface area contributed by atoms with Crippen molar-refractivity contribution >= 4 is 17.7 Å². The summed E-state index contributed by atoms with van der Waals surface area (Å²) in [7, 11) is 0. The summed E-state index contributed by atoms with van der Waals surface area (Å²) in [5.74, 6) is -0.165. The number of furan rings is 1. The van der Waals surface area contributed by atoms with E-state index >= 15 is 0 Å². The maximum absolute atomic E-state index is 10.8. The average Bonchev–Trinajstić information content (AvgIpc) is 2.76. The average molecular weight is 236 g/mol. The molecule has 5 nitrogen and oxygen atoms in total. The van der Waals surface area contributed by atoms with Crippen LogP contribution < -0.4 is 0 Å². The van der Waals surface area contributed by atoms with E-state index in [0.29, 0.717) is 16.7 Å². The van der Waals surface area contributed by atoms with E-state index in [1.54, 1.807) is 18.5 Å². The summed E-state index contributed by atoms with van der Waals surface area (Å²) in [5.41, 5.74) is 0.184. The lowest BCUT2D eigenvalue weighted by molar-refractivity contribution is 0.0695. The molecule has 2 heterocycles. The molecule has 0 radical (unpaired) electrons. The van der Waals surface area contributed by atoms with Gasteiger partial charge in [0.25, 0.3) is 0 Å². The predicted molar refractivity (Wildman–Crippen MR) is 57.3 cm³/mol. The minimum Gasteiger partial charge on any atom is -0.478 e. The van der Waals surface area contributed by atoms with Crippen LogP contribution in [0.3, 0.4) is 0 Å². The fourth-order valence-corrected chi connectivity index (χ4v) is 1.89. The molecule has 0 unspecified atom stereocenters. The Morgan fingerprint density at radius 3 is 2.88 bits per heavy atom. The summed E-state index contributed by atoms with van der Waals surface area (Å²) in [6.07, 6.45) is 4.64. The van der Waals surface area contributed by atoms with E-state index in [1.165, 1.54) is 24.1 Å². The van der Waals surface area contributed by atoms with Gasteiger partial charge in [-0.3, -0.25) is 0 Å². The van der Waals surface area contributed by atoms with Crippen molar-refractivity contribution in [2.24, 2.45) is 0 Å². The number of carboxylic acids is 1. The lowest BCUT2D eigenvalue weighted by Crippen LogP contribution is -1.97. The summed E-state index contributed by atoms with van der Waals surface area (Å²) in [4.78, 5) is 18.8. The van der Waals surface area contributed by atoms with Crippen LogP contribution in [-0.2, 0) is 5.75 Å². The number of aromatic carboxylic acids is 1. The van der Waals surface area contributed by atoms with E-state index in [4.69, 9.17) is 9.52 Å². The zero-order valence-corrected chi connectivity index (χ0v) is 8.98. The molecule has 2 aromatic heterocycles.